The summed E-state index contributed by atoms with van der Waals surface area (Å²) in [5, 5.41) is 15.0. The van der Waals surface area contributed by atoms with Gasteiger partial charge in [-0.05, 0) is 43.5 Å². The highest BCUT2D eigenvalue weighted by Gasteiger charge is 2.25. The minimum Gasteiger partial charge on any atom is -0.481 e. The first-order valence-electron chi connectivity index (χ1n) is 11.3. The van der Waals surface area contributed by atoms with Gasteiger partial charge in [0, 0.05) is 36.5 Å². The molecule has 0 saturated carbocycles. The maximum atomic E-state index is 13.1. The lowest BCUT2D eigenvalue weighted by atomic mass is 10.0. The number of carbonyl (C=O) groups excluding carboxylic acids is 1. The Morgan fingerprint density at radius 2 is 1.94 bits per heavy atom. The molecule has 2 aromatic heterocycles. The normalized spacial score (nSPS) is 12.9. The lowest BCUT2D eigenvalue weighted by molar-refractivity contribution is -0.138. The van der Waals surface area contributed by atoms with Gasteiger partial charge in [-0.1, -0.05) is 42.5 Å². The zero-order valence-corrected chi connectivity index (χ0v) is 19.4. The van der Waals surface area contributed by atoms with Crippen LogP contribution in [0.5, 0.6) is 5.75 Å². The molecule has 4 rings (SSSR count). The number of likely N-dealkylation sites (N-methyl/N-ethyl adjacent to an activating group) is 1. The Morgan fingerprint density at radius 1 is 1.15 bits per heavy atom. The highest BCUT2D eigenvalue weighted by Crippen LogP contribution is 2.30. The standard InChI is InChI=1S/C25H27N5O4/c1-4-17(24-26-28-29-27-24)15-30(5-2)25(32)16(3)33-19-11-12-20-21(18-9-7-6-8-10-18)14-23(31)34-22(20)13-19/h6-14,16-17H,4-5,15H2,1-3H3,(H,26,27,28,29). The van der Waals surface area contributed by atoms with Crippen molar-refractivity contribution in [2.75, 3.05) is 13.1 Å². The van der Waals surface area contributed by atoms with Crippen LogP contribution >= 0.6 is 0 Å². The summed E-state index contributed by atoms with van der Waals surface area (Å²) in [6.07, 6.45) is 0.0376. The van der Waals surface area contributed by atoms with E-state index in [2.05, 4.69) is 20.6 Å². The van der Waals surface area contributed by atoms with Gasteiger partial charge in [0.15, 0.2) is 11.9 Å². The molecular formula is C25H27N5O4. The minimum atomic E-state index is -0.732. The number of tetrazole rings is 1. The Kier molecular flexibility index (Phi) is 7.01. The second kappa shape index (κ2) is 10.3. The largest absolute Gasteiger partial charge is 0.481 e. The van der Waals surface area contributed by atoms with Crippen molar-refractivity contribution < 1.29 is 13.9 Å². The van der Waals surface area contributed by atoms with Crippen molar-refractivity contribution >= 4 is 16.9 Å². The average Bonchev–Trinajstić information content (AvgIpc) is 3.39. The van der Waals surface area contributed by atoms with Crippen molar-refractivity contribution in [1.29, 1.82) is 0 Å². The maximum Gasteiger partial charge on any atom is 0.336 e. The second-order valence-corrected chi connectivity index (χ2v) is 8.02. The molecule has 0 fully saturated rings. The van der Waals surface area contributed by atoms with Crippen LogP contribution in [0.1, 0.15) is 38.9 Å². The van der Waals surface area contributed by atoms with E-state index in [0.29, 0.717) is 30.2 Å². The van der Waals surface area contributed by atoms with Crippen molar-refractivity contribution in [3.63, 3.8) is 0 Å². The van der Waals surface area contributed by atoms with E-state index in [-0.39, 0.29) is 11.8 Å². The van der Waals surface area contributed by atoms with E-state index in [1.807, 2.05) is 50.2 Å². The zero-order chi connectivity index (χ0) is 24.1. The molecular weight excluding hydrogens is 434 g/mol. The second-order valence-electron chi connectivity index (χ2n) is 8.02. The van der Waals surface area contributed by atoms with Gasteiger partial charge in [0.2, 0.25) is 0 Å². The van der Waals surface area contributed by atoms with Crippen LogP contribution in [0, 0.1) is 0 Å². The Balaban J connectivity index is 1.53. The summed E-state index contributed by atoms with van der Waals surface area (Å²) in [5.74, 6) is 0.856. The van der Waals surface area contributed by atoms with Crippen molar-refractivity contribution in [1.82, 2.24) is 25.5 Å². The smallest absolute Gasteiger partial charge is 0.336 e. The lowest BCUT2D eigenvalue weighted by Crippen LogP contribution is -2.42. The molecule has 0 aliphatic heterocycles. The molecule has 34 heavy (non-hydrogen) atoms. The Bertz CT molecular complexity index is 1300. The van der Waals surface area contributed by atoms with Gasteiger partial charge in [-0.3, -0.25) is 4.79 Å². The van der Waals surface area contributed by atoms with Crippen LogP contribution in [-0.2, 0) is 4.79 Å². The van der Waals surface area contributed by atoms with E-state index in [1.54, 1.807) is 24.0 Å². The number of rotatable bonds is 9. The van der Waals surface area contributed by atoms with Crippen LogP contribution in [0.2, 0.25) is 0 Å². The molecule has 1 amide bonds. The number of ether oxygens (including phenoxy) is 1. The predicted octanol–water partition coefficient (Wildman–Crippen LogP) is 3.78. The number of nitrogens with one attached hydrogen (secondary N) is 1. The molecule has 0 aliphatic carbocycles. The molecule has 1 N–H and O–H groups in total. The highest BCUT2D eigenvalue weighted by atomic mass is 16.5. The van der Waals surface area contributed by atoms with Crippen LogP contribution in [0.4, 0.5) is 0 Å². The van der Waals surface area contributed by atoms with Gasteiger partial charge in [-0.25, -0.2) is 4.79 Å². The average molecular weight is 462 g/mol. The van der Waals surface area contributed by atoms with Crippen molar-refractivity contribution in [3.05, 3.63) is 70.8 Å². The Morgan fingerprint density at radius 3 is 2.62 bits per heavy atom. The van der Waals surface area contributed by atoms with Crippen LogP contribution in [0.25, 0.3) is 22.1 Å². The van der Waals surface area contributed by atoms with Crippen LogP contribution in [-0.4, -0.2) is 50.6 Å². The fraction of sp³-hybridized carbons (Fsp3) is 0.320. The zero-order valence-electron chi connectivity index (χ0n) is 19.4. The molecule has 0 saturated heterocycles. The summed E-state index contributed by atoms with van der Waals surface area (Å²) in [6, 6.07) is 16.4. The summed E-state index contributed by atoms with van der Waals surface area (Å²) in [6.45, 7) is 6.64. The van der Waals surface area contributed by atoms with Gasteiger partial charge in [0.1, 0.15) is 11.3 Å². The monoisotopic (exact) mass is 461 g/mol. The third-order valence-electron chi connectivity index (χ3n) is 5.82. The summed E-state index contributed by atoms with van der Waals surface area (Å²) in [4.78, 5) is 27.0. The molecule has 0 radical (unpaired) electrons. The quantitative estimate of drug-likeness (QED) is 0.377. The third-order valence-corrected chi connectivity index (χ3v) is 5.82. The molecule has 4 aromatic rings. The number of hydrogen-bond donors (Lipinski definition) is 1. The molecule has 9 heteroatoms. The molecule has 0 spiro atoms. The number of hydrogen-bond acceptors (Lipinski definition) is 7. The topological polar surface area (TPSA) is 114 Å². The number of carbonyl (C=O) groups is 1. The first-order chi connectivity index (χ1) is 16.5. The van der Waals surface area contributed by atoms with Gasteiger partial charge in [-0.15, -0.1) is 10.2 Å². The van der Waals surface area contributed by atoms with E-state index < -0.39 is 11.7 Å². The van der Waals surface area contributed by atoms with E-state index in [0.717, 1.165) is 22.9 Å². The molecule has 2 heterocycles. The van der Waals surface area contributed by atoms with E-state index in [1.165, 1.54) is 6.07 Å². The van der Waals surface area contributed by atoms with E-state index >= 15 is 0 Å². The van der Waals surface area contributed by atoms with E-state index in [9.17, 15) is 9.59 Å². The SMILES string of the molecule is CCC(CN(CC)C(=O)C(C)Oc1ccc2c(-c3ccccc3)cc(=O)oc2c1)c1nn[nH]n1. The molecule has 9 nitrogen and oxygen atoms in total. The van der Waals surface area contributed by atoms with Crippen molar-refractivity contribution in [3.8, 4) is 16.9 Å². The molecule has 0 aliphatic rings. The van der Waals surface area contributed by atoms with Crippen molar-refractivity contribution in [2.45, 2.75) is 39.2 Å². The number of aromatic amines is 1. The van der Waals surface area contributed by atoms with E-state index in [4.69, 9.17) is 9.15 Å². The summed E-state index contributed by atoms with van der Waals surface area (Å²) >= 11 is 0. The molecule has 2 atom stereocenters. The number of H-pyrrole nitrogens is 1. The third kappa shape index (κ3) is 4.98. The number of fused-ring (bicyclic) bond motifs is 1. The van der Waals surface area contributed by atoms with Gasteiger partial charge in [0.05, 0.1) is 0 Å². The number of benzene rings is 2. The predicted molar refractivity (Wildman–Crippen MR) is 127 cm³/mol. The first kappa shape index (κ1) is 23.2. The van der Waals surface area contributed by atoms with Crippen LogP contribution in [0.3, 0.4) is 0 Å². The lowest BCUT2D eigenvalue weighted by Gasteiger charge is -2.27. The number of aromatic nitrogens is 4. The fourth-order valence-electron chi connectivity index (χ4n) is 3.96. The fourth-order valence-corrected chi connectivity index (χ4v) is 3.96. The molecule has 0 bridgehead atoms. The molecule has 2 aromatic carbocycles. The molecule has 176 valence electrons. The van der Waals surface area contributed by atoms with Crippen molar-refractivity contribution in [2.24, 2.45) is 0 Å². The van der Waals surface area contributed by atoms with Crippen LogP contribution < -0.4 is 10.4 Å². The summed E-state index contributed by atoms with van der Waals surface area (Å²) in [5.41, 5.74) is 1.66. The Labute approximate surface area is 196 Å². The number of amides is 1. The maximum absolute atomic E-state index is 13.1. The first-order valence-corrected chi connectivity index (χ1v) is 11.3. The summed E-state index contributed by atoms with van der Waals surface area (Å²) < 4.78 is 11.4. The molecule has 2 unspecified atom stereocenters. The van der Waals surface area contributed by atoms with Crippen LogP contribution in [0.15, 0.2) is 63.8 Å². The number of nitrogens with zero attached hydrogens (tertiary/aromatic N) is 4. The highest BCUT2D eigenvalue weighted by molar-refractivity contribution is 5.93. The van der Waals surface area contributed by atoms with Gasteiger partial charge in [0.25, 0.3) is 5.91 Å². The Hall–Kier alpha value is -4.01. The van der Waals surface area contributed by atoms with Gasteiger partial charge >= 0.3 is 5.63 Å². The summed E-state index contributed by atoms with van der Waals surface area (Å²) in [7, 11) is 0. The minimum absolute atomic E-state index is 0.0267. The van der Waals surface area contributed by atoms with Gasteiger partial charge in [-0.2, -0.15) is 5.21 Å². The van der Waals surface area contributed by atoms with Gasteiger partial charge < -0.3 is 14.1 Å².